The minimum Gasteiger partial charge on any atom is -0.492 e. The van der Waals surface area contributed by atoms with Gasteiger partial charge in [-0.1, -0.05) is 29.8 Å². The highest BCUT2D eigenvalue weighted by atomic mass is 16.5. The van der Waals surface area contributed by atoms with E-state index < -0.39 is 17.8 Å². The van der Waals surface area contributed by atoms with Crippen LogP contribution in [0, 0.1) is 18.8 Å². The van der Waals surface area contributed by atoms with Gasteiger partial charge < -0.3 is 15.2 Å². The number of ether oxygens (including phenoxy) is 1. The number of carbonyl (C=O) groups is 2. The maximum Gasteiger partial charge on any atom is 0.307 e. The van der Waals surface area contributed by atoms with Crippen LogP contribution in [0.3, 0.4) is 0 Å². The third kappa shape index (κ3) is 4.35. The number of nitrogens with one attached hydrogen (secondary N) is 1. The molecule has 0 heterocycles. The van der Waals surface area contributed by atoms with E-state index in [1.54, 1.807) is 0 Å². The SMILES string of the molecule is Cc1ccc(OCCNC(=O)[C@H]2CC=CC[C@@H]2C(=O)O)cc1. The average Bonchev–Trinajstić information content (AvgIpc) is 2.53. The van der Waals surface area contributed by atoms with Gasteiger partial charge in [0, 0.05) is 0 Å². The van der Waals surface area contributed by atoms with Crippen LogP contribution in [0.1, 0.15) is 18.4 Å². The number of hydrogen-bond donors (Lipinski definition) is 2. The van der Waals surface area contributed by atoms with Crippen molar-refractivity contribution in [2.45, 2.75) is 19.8 Å². The van der Waals surface area contributed by atoms with Gasteiger partial charge in [0.2, 0.25) is 5.91 Å². The van der Waals surface area contributed by atoms with Crippen LogP contribution in [0.25, 0.3) is 0 Å². The Morgan fingerprint density at radius 1 is 1.18 bits per heavy atom. The Morgan fingerprint density at radius 3 is 2.45 bits per heavy atom. The molecule has 1 aromatic carbocycles. The maximum atomic E-state index is 12.1. The molecule has 1 aliphatic carbocycles. The number of carbonyl (C=O) groups excluding carboxylic acids is 1. The molecule has 0 saturated heterocycles. The number of aliphatic carboxylic acids is 1. The molecule has 2 atom stereocenters. The molecule has 0 aromatic heterocycles. The van der Waals surface area contributed by atoms with Crippen LogP contribution < -0.4 is 10.1 Å². The highest BCUT2D eigenvalue weighted by molar-refractivity contribution is 5.85. The topological polar surface area (TPSA) is 75.6 Å². The number of allylic oxidation sites excluding steroid dienone is 2. The Hall–Kier alpha value is -2.30. The molecule has 2 N–H and O–H groups in total. The molecule has 22 heavy (non-hydrogen) atoms. The highest BCUT2D eigenvalue weighted by Crippen LogP contribution is 2.25. The minimum atomic E-state index is -0.916. The Bertz CT molecular complexity index is 550. The largest absolute Gasteiger partial charge is 0.492 e. The van der Waals surface area contributed by atoms with Crippen molar-refractivity contribution in [3.8, 4) is 5.75 Å². The van der Waals surface area contributed by atoms with Crippen molar-refractivity contribution in [1.82, 2.24) is 5.32 Å². The summed E-state index contributed by atoms with van der Waals surface area (Å²) < 4.78 is 5.53. The standard InChI is InChI=1S/C17H21NO4/c1-12-6-8-13(9-7-12)22-11-10-18-16(19)14-4-2-3-5-15(14)17(20)21/h2-3,6-9,14-15H,4-5,10-11H2,1H3,(H,18,19)(H,20,21)/t14-,15-/m0/s1. The lowest BCUT2D eigenvalue weighted by Gasteiger charge is -2.24. The van der Waals surface area contributed by atoms with Crippen LogP contribution in [0.2, 0.25) is 0 Å². The third-order valence-electron chi connectivity index (χ3n) is 3.78. The zero-order chi connectivity index (χ0) is 15.9. The monoisotopic (exact) mass is 303 g/mol. The summed E-state index contributed by atoms with van der Waals surface area (Å²) in [5.41, 5.74) is 1.16. The predicted octanol–water partition coefficient (Wildman–Crippen LogP) is 2.16. The van der Waals surface area contributed by atoms with Crippen LogP contribution in [0.5, 0.6) is 5.75 Å². The van der Waals surface area contributed by atoms with Gasteiger partial charge in [0.15, 0.2) is 0 Å². The number of rotatable bonds is 6. The van der Waals surface area contributed by atoms with Crippen molar-refractivity contribution in [2.24, 2.45) is 11.8 Å². The first kappa shape index (κ1) is 16.1. The van der Waals surface area contributed by atoms with Crippen molar-refractivity contribution >= 4 is 11.9 Å². The van der Waals surface area contributed by atoms with Gasteiger partial charge in [0.05, 0.1) is 18.4 Å². The number of benzene rings is 1. The molecule has 0 fully saturated rings. The summed E-state index contributed by atoms with van der Waals surface area (Å²) in [6.07, 6.45) is 4.57. The van der Waals surface area contributed by atoms with Crippen molar-refractivity contribution in [1.29, 1.82) is 0 Å². The molecule has 0 spiro atoms. The summed E-state index contributed by atoms with van der Waals surface area (Å²) in [5, 5.41) is 11.9. The fourth-order valence-electron chi connectivity index (χ4n) is 2.49. The first-order chi connectivity index (χ1) is 10.6. The molecule has 118 valence electrons. The van der Waals surface area contributed by atoms with E-state index in [9.17, 15) is 9.59 Å². The normalized spacial score (nSPS) is 20.4. The Balaban J connectivity index is 1.76. The zero-order valence-corrected chi connectivity index (χ0v) is 12.6. The summed E-state index contributed by atoms with van der Waals surface area (Å²) in [5.74, 6) is -1.52. The van der Waals surface area contributed by atoms with Crippen LogP contribution in [-0.4, -0.2) is 30.1 Å². The van der Waals surface area contributed by atoms with Crippen molar-refractivity contribution in [3.05, 3.63) is 42.0 Å². The van der Waals surface area contributed by atoms with Crippen molar-refractivity contribution in [2.75, 3.05) is 13.2 Å². The number of amides is 1. The van der Waals surface area contributed by atoms with Gasteiger partial charge >= 0.3 is 5.97 Å². The lowest BCUT2D eigenvalue weighted by atomic mass is 9.82. The highest BCUT2D eigenvalue weighted by Gasteiger charge is 2.33. The van der Waals surface area contributed by atoms with Crippen molar-refractivity contribution < 1.29 is 19.4 Å². The van der Waals surface area contributed by atoms with E-state index >= 15 is 0 Å². The molecule has 0 radical (unpaired) electrons. The average molecular weight is 303 g/mol. The lowest BCUT2D eigenvalue weighted by molar-refractivity contribution is -0.147. The predicted molar refractivity (Wildman–Crippen MR) is 82.7 cm³/mol. The van der Waals surface area contributed by atoms with Gasteiger partial charge in [-0.2, -0.15) is 0 Å². The molecular formula is C17H21NO4. The zero-order valence-electron chi connectivity index (χ0n) is 12.6. The van der Waals surface area contributed by atoms with Crippen molar-refractivity contribution in [3.63, 3.8) is 0 Å². The molecule has 0 unspecified atom stereocenters. The second-order valence-electron chi connectivity index (χ2n) is 5.45. The van der Waals surface area contributed by atoms with E-state index in [0.717, 1.165) is 11.3 Å². The second kappa shape index (κ2) is 7.64. The molecule has 0 bridgehead atoms. The summed E-state index contributed by atoms with van der Waals surface area (Å²) >= 11 is 0. The summed E-state index contributed by atoms with van der Waals surface area (Å²) in [4.78, 5) is 23.3. The molecule has 2 rings (SSSR count). The van der Waals surface area contributed by atoms with E-state index in [2.05, 4.69) is 5.32 Å². The fraction of sp³-hybridized carbons (Fsp3) is 0.412. The molecular weight excluding hydrogens is 282 g/mol. The van der Waals surface area contributed by atoms with E-state index in [-0.39, 0.29) is 5.91 Å². The van der Waals surface area contributed by atoms with Crippen LogP contribution >= 0.6 is 0 Å². The minimum absolute atomic E-state index is 0.218. The summed E-state index contributed by atoms with van der Waals surface area (Å²) in [7, 11) is 0. The van der Waals surface area contributed by atoms with Gasteiger partial charge in [0.1, 0.15) is 12.4 Å². The smallest absolute Gasteiger partial charge is 0.307 e. The number of carboxylic acids is 1. The Labute approximate surface area is 130 Å². The van der Waals surface area contributed by atoms with Gasteiger partial charge in [-0.3, -0.25) is 9.59 Å². The fourth-order valence-corrected chi connectivity index (χ4v) is 2.49. The first-order valence-electron chi connectivity index (χ1n) is 7.43. The third-order valence-corrected chi connectivity index (χ3v) is 3.78. The quantitative estimate of drug-likeness (QED) is 0.624. The number of aryl methyl sites for hydroxylation is 1. The first-order valence-corrected chi connectivity index (χ1v) is 7.43. The molecule has 5 nitrogen and oxygen atoms in total. The van der Waals surface area contributed by atoms with Gasteiger partial charge in [-0.15, -0.1) is 0 Å². The molecule has 5 heteroatoms. The second-order valence-corrected chi connectivity index (χ2v) is 5.45. The molecule has 1 amide bonds. The maximum absolute atomic E-state index is 12.1. The van der Waals surface area contributed by atoms with Gasteiger partial charge in [-0.25, -0.2) is 0 Å². The summed E-state index contributed by atoms with van der Waals surface area (Å²) in [6.45, 7) is 2.72. The van der Waals surface area contributed by atoms with E-state index in [4.69, 9.17) is 9.84 Å². The summed E-state index contributed by atoms with van der Waals surface area (Å²) in [6, 6.07) is 7.67. The Kier molecular flexibility index (Phi) is 5.58. The van der Waals surface area contributed by atoms with Crippen LogP contribution in [0.15, 0.2) is 36.4 Å². The number of hydrogen-bond acceptors (Lipinski definition) is 3. The van der Waals surface area contributed by atoms with Crippen LogP contribution in [0.4, 0.5) is 0 Å². The van der Waals surface area contributed by atoms with E-state index in [0.29, 0.717) is 26.0 Å². The van der Waals surface area contributed by atoms with Crippen LogP contribution in [-0.2, 0) is 9.59 Å². The molecule has 1 aliphatic rings. The molecule has 0 aliphatic heterocycles. The number of carboxylic acid groups (broad SMARTS) is 1. The van der Waals surface area contributed by atoms with Gasteiger partial charge in [0.25, 0.3) is 0 Å². The van der Waals surface area contributed by atoms with E-state index in [1.807, 2.05) is 43.3 Å². The van der Waals surface area contributed by atoms with Gasteiger partial charge in [-0.05, 0) is 31.9 Å². The molecule has 1 aromatic rings. The van der Waals surface area contributed by atoms with E-state index in [1.165, 1.54) is 0 Å². The lowest BCUT2D eigenvalue weighted by Crippen LogP contribution is -2.40. The molecule has 0 saturated carbocycles. The Morgan fingerprint density at radius 2 is 1.82 bits per heavy atom.